The summed E-state index contributed by atoms with van der Waals surface area (Å²) >= 11 is 0. The van der Waals surface area contributed by atoms with Crippen molar-refractivity contribution in [3.63, 3.8) is 0 Å². The minimum Gasteiger partial charge on any atom is -0.368 e. The van der Waals surface area contributed by atoms with Gasteiger partial charge in [0.25, 0.3) is 5.69 Å². The van der Waals surface area contributed by atoms with Crippen molar-refractivity contribution >= 4 is 17.3 Å². The Morgan fingerprint density at radius 2 is 1.85 bits per heavy atom. The zero-order valence-corrected chi connectivity index (χ0v) is 14.4. The second kappa shape index (κ2) is 6.35. The highest BCUT2D eigenvalue weighted by molar-refractivity contribution is 5.94. The molecule has 0 saturated heterocycles. The molecule has 1 aliphatic rings. The Morgan fingerprint density at radius 3 is 2.27 bits per heavy atom. The Labute approximate surface area is 147 Å². The molecule has 26 heavy (non-hydrogen) atoms. The largest absolute Gasteiger partial charge is 0.431 e. The summed E-state index contributed by atoms with van der Waals surface area (Å²) in [4.78, 5) is 22.6. The molecule has 2 rings (SSSR count). The first-order valence-electron chi connectivity index (χ1n) is 7.69. The molecular weight excluding hydrogens is 355 g/mol. The average Bonchev–Trinajstić information content (AvgIpc) is 2.87. The van der Waals surface area contributed by atoms with Crippen molar-refractivity contribution in [1.29, 1.82) is 0 Å². The summed E-state index contributed by atoms with van der Waals surface area (Å²) in [6.45, 7) is 4.52. The predicted octanol–water partition coefficient (Wildman–Crippen LogP) is 3.02. The highest BCUT2D eigenvalue weighted by Gasteiger charge is 2.57. The molecule has 0 aliphatic carbocycles. The van der Waals surface area contributed by atoms with Crippen molar-refractivity contribution in [3.8, 4) is 0 Å². The lowest BCUT2D eigenvalue weighted by molar-refractivity contribution is -0.384. The molecule has 10 heteroatoms. The minimum absolute atomic E-state index is 0.175. The van der Waals surface area contributed by atoms with E-state index in [-0.39, 0.29) is 12.1 Å². The number of halogens is 3. The second-order valence-electron chi connectivity index (χ2n) is 7.09. The Balaban J connectivity index is 2.31. The van der Waals surface area contributed by atoms with Gasteiger partial charge in [0.1, 0.15) is 5.71 Å². The van der Waals surface area contributed by atoms with Crippen LogP contribution < -0.4 is 0 Å². The number of aliphatic hydroxyl groups is 1. The summed E-state index contributed by atoms with van der Waals surface area (Å²) in [5.41, 5.74) is -4.27. The molecule has 1 aromatic rings. The quantitative estimate of drug-likeness (QED) is 0.651. The minimum atomic E-state index is -4.76. The number of nitro groups is 1. The zero-order valence-electron chi connectivity index (χ0n) is 14.4. The normalized spacial score (nSPS) is 20.9. The first kappa shape index (κ1) is 19.8. The number of alkyl halides is 3. The van der Waals surface area contributed by atoms with Gasteiger partial charge in [0, 0.05) is 24.0 Å². The number of amides is 1. The van der Waals surface area contributed by atoms with E-state index in [4.69, 9.17) is 0 Å². The van der Waals surface area contributed by atoms with Crippen molar-refractivity contribution < 1.29 is 28.0 Å². The second-order valence-corrected chi connectivity index (χ2v) is 7.09. The van der Waals surface area contributed by atoms with Crippen LogP contribution in [0.4, 0.5) is 18.9 Å². The highest BCUT2D eigenvalue weighted by Crippen LogP contribution is 2.43. The molecule has 142 valence electrons. The van der Waals surface area contributed by atoms with Crippen LogP contribution in [0.3, 0.4) is 0 Å². The van der Waals surface area contributed by atoms with Gasteiger partial charge in [-0.2, -0.15) is 18.3 Å². The van der Waals surface area contributed by atoms with Crippen molar-refractivity contribution in [1.82, 2.24) is 5.01 Å². The smallest absolute Gasteiger partial charge is 0.368 e. The van der Waals surface area contributed by atoms with E-state index in [2.05, 4.69) is 5.10 Å². The van der Waals surface area contributed by atoms with Crippen LogP contribution in [-0.2, 0) is 11.2 Å². The van der Waals surface area contributed by atoms with Crippen LogP contribution in [-0.4, -0.2) is 38.6 Å². The molecular formula is C16H18F3N3O4. The van der Waals surface area contributed by atoms with E-state index in [0.29, 0.717) is 10.6 Å². The molecule has 0 saturated carbocycles. The van der Waals surface area contributed by atoms with E-state index in [1.165, 1.54) is 45.0 Å². The number of non-ortho nitro benzene ring substituents is 1. The van der Waals surface area contributed by atoms with Gasteiger partial charge in [0.05, 0.1) is 11.3 Å². The van der Waals surface area contributed by atoms with E-state index < -0.39 is 40.3 Å². The molecule has 1 amide bonds. The van der Waals surface area contributed by atoms with Gasteiger partial charge < -0.3 is 5.11 Å². The Kier molecular flexibility index (Phi) is 4.84. The van der Waals surface area contributed by atoms with Crippen LogP contribution in [0.25, 0.3) is 0 Å². The fourth-order valence-electron chi connectivity index (χ4n) is 2.53. The number of nitro benzene ring substituents is 1. The highest BCUT2D eigenvalue weighted by atomic mass is 19.4. The number of hydrogen-bond donors (Lipinski definition) is 1. The van der Waals surface area contributed by atoms with Crippen LogP contribution in [0.15, 0.2) is 29.4 Å². The lowest BCUT2D eigenvalue weighted by Gasteiger charge is -2.41. The average molecular weight is 373 g/mol. The van der Waals surface area contributed by atoms with Crippen molar-refractivity contribution in [2.75, 3.05) is 0 Å². The van der Waals surface area contributed by atoms with Crippen LogP contribution in [0.2, 0.25) is 0 Å². The molecule has 1 heterocycles. The molecule has 1 N–H and O–H groups in total. The standard InChI is InChI=1S/C16H18F3N3O4/c1-14(2,3)15(24)9-12(16(17,18)19)20-21(15)13(23)8-10-4-6-11(7-5-10)22(25)26/h4-7,24H,8-9H2,1-3H3/t15-/m1/s1. The fraction of sp³-hybridized carbons (Fsp3) is 0.500. The lowest BCUT2D eigenvalue weighted by atomic mass is 9.80. The van der Waals surface area contributed by atoms with Gasteiger partial charge in [-0.25, -0.2) is 5.01 Å². The fourth-order valence-corrected chi connectivity index (χ4v) is 2.53. The van der Waals surface area contributed by atoms with Crippen LogP contribution in [0.1, 0.15) is 32.8 Å². The van der Waals surface area contributed by atoms with Crippen LogP contribution in [0.5, 0.6) is 0 Å². The molecule has 0 fully saturated rings. The summed E-state index contributed by atoms with van der Waals surface area (Å²) in [5.74, 6) is -0.837. The van der Waals surface area contributed by atoms with Crippen molar-refractivity contribution in [2.45, 2.75) is 45.5 Å². The maximum absolute atomic E-state index is 13.0. The number of rotatable bonds is 3. The first-order chi connectivity index (χ1) is 11.8. The third-order valence-corrected chi connectivity index (χ3v) is 4.25. The number of hydrogen-bond acceptors (Lipinski definition) is 5. The van der Waals surface area contributed by atoms with E-state index in [9.17, 15) is 33.2 Å². The van der Waals surface area contributed by atoms with Gasteiger partial charge in [0.2, 0.25) is 5.91 Å². The molecule has 0 bridgehead atoms. The summed E-state index contributed by atoms with van der Waals surface area (Å²) in [6.07, 6.45) is -5.95. The molecule has 0 unspecified atom stereocenters. The van der Waals surface area contributed by atoms with Gasteiger partial charge in [0.15, 0.2) is 5.72 Å². The summed E-state index contributed by atoms with van der Waals surface area (Å²) in [6, 6.07) is 5.03. The lowest BCUT2D eigenvalue weighted by Crippen LogP contribution is -2.55. The van der Waals surface area contributed by atoms with Gasteiger partial charge in [-0.3, -0.25) is 14.9 Å². The SMILES string of the molecule is CC(C)(C)[C@]1(O)CC(C(F)(F)F)=NN1C(=O)Cc1ccc([N+](=O)[O-])cc1. The number of carbonyl (C=O) groups is 1. The maximum Gasteiger partial charge on any atom is 0.431 e. The third-order valence-electron chi connectivity index (χ3n) is 4.25. The summed E-state index contributed by atoms with van der Waals surface area (Å²) < 4.78 is 39.1. The van der Waals surface area contributed by atoms with Gasteiger partial charge in [-0.15, -0.1) is 0 Å². The molecule has 0 spiro atoms. The number of carbonyl (C=O) groups excluding carboxylic acids is 1. The summed E-state index contributed by atoms with van der Waals surface area (Å²) in [5, 5.41) is 25.3. The van der Waals surface area contributed by atoms with Gasteiger partial charge in [-0.1, -0.05) is 32.9 Å². The predicted molar refractivity (Wildman–Crippen MR) is 86.2 cm³/mol. The Morgan fingerprint density at radius 1 is 1.31 bits per heavy atom. The van der Waals surface area contributed by atoms with Crippen LogP contribution in [0, 0.1) is 15.5 Å². The van der Waals surface area contributed by atoms with Crippen molar-refractivity contribution in [3.05, 3.63) is 39.9 Å². The molecule has 1 aromatic carbocycles. The maximum atomic E-state index is 13.0. The Hall–Kier alpha value is -2.49. The first-order valence-corrected chi connectivity index (χ1v) is 7.69. The molecule has 0 aromatic heterocycles. The van der Waals surface area contributed by atoms with E-state index in [1.807, 2.05) is 0 Å². The third kappa shape index (κ3) is 3.69. The number of nitrogens with zero attached hydrogens (tertiary/aromatic N) is 3. The number of hydrazone groups is 1. The molecule has 1 atom stereocenters. The number of benzene rings is 1. The van der Waals surface area contributed by atoms with E-state index >= 15 is 0 Å². The van der Waals surface area contributed by atoms with E-state index in [0.717, 1.165) is 0 Å². The topological polar surface area (TPSA) is 96.0 Å². The summed E-state index contributed by atoms with van der Waals surface area (Å²) in [7, 11) is 0. The van der Waals surface area contributed by atoms with E-state index in [1.54, 1.807) is 0 Å². The Bertz CT molecular complexity index is 753. The van der Waals surface area contributed by atoms with Crippen LogP contribution >= 0.6 is 0 Å². The molecule has 7 nitrogen and oxygen atoms in total. The zero-order chi connectivity index (χ0) is 19.9. The van der Waals surface area contributed by atoms with Crippen molar-refractivity contribution in [2.24, 2.45) is 10.5 Å². The van der Waals surface area contributed by atoms with Gasteiger partial charge >= 0.3 is 6.18 Å². The molecule has 0 radical (unpaired) electrons. The molecule has 1 aliphatic heterocycles. The monoisotopic (exact) mass is 373 g/mol. The van der Waals surface area contributed by atoms with Gasteiger partial charge in [-0.05, 0) is 5.56 Å².